The van der Waals surface area contributed by atoms with Gasteiger partial charge in [0.2, 0.25) is 5.76 Å². The van der Waals surface area contributed by atoms with E-state index >= 15 is 0 Å². The SMILES string of the molecule is CC(/C=C(\O)C(=O)O)Oc1ccc(C(N)CO)cc1. The highest BCUT2D eigenvalue weighted by atomic mass is 16.5. The van der Waals surface area contributed by atoms with Crippen LogP contribution in [-0.2, 0) is 4.79 Å². The second-order valence-electron chi connectivity index (χ2n) is 4.04. The summed E-state index contributed by atoms with van der Waals surface area (Å²) in [6, 6.07) is 6.30. The van der Waals surface area contributed by atoms with Crippen LogP contribution < -0.4 is 10.5 Å². The van der Waals surface area contributed by atoms with Crippen LogP contribution in [0.4, 0.5) is 0 Å². The maximum atomic E-state index is 10.4. The highest BCUT2D eigenvalue weighted by Crippen LogP contribution is 2.17. The zero-order valence-corrected chi connectivity index (χ0v) is 10.5. The molecular formula is C13H17NO5. The van der Waals surface area contributed by atoms with E-state index in [9.17, 15) is 4.79 Å². The number of carboxylic acid groups (broad SMARTS) is 1. The Morgan fingerprint density at radius 2 is 1.95 bits per heavy atom. The van der Waals surface area contributed by atoms with Crippen molar-refractivity contribution in [1.82, 2.24) is 0 Å². The molecular weight excluding hydrogens is 250 g/mol. The third-order valence-electron chi connectivity index (χ3n) is 2.44. The molecule has 0 aliphatic rings. The maximum absolute atomic E-state index is 10.4. The topological polar surface area (TPSA) is 113 Å². The third kappa shape index (κ3) is 4.61. The van der Waals surface area contributed by atoms with Crippen LogP contribution in [0.2, 0.25) is 0 Å². The number of nitrogens with two attached hydrogens (primary N) is 1. The minimum absolute atomic E-state index is 0.147. The van der Waals surface area contributed by atoms with E-state index in [4.69, 9.17) is 25.8 Å². The summed E-state index contributed by atoms with van der Waals surface area (Å²) in [4.78, 5) is 10.4. The van der Waals surface area contributed by atoms with Gasteiger partial charge in [-0.1, -0.05) is 12.1 Å². The standard InChI is InChI=1S/C13H17NO5/c1-8(6-12(16)13(17)18)19-10-4-2-9(3-5-10)11(14)7-15/h2-6,8,11,15-16H,7,14H2,1H3,(H,17,18)/b12-6-. The highest BCUT2D eigenvalue weighted by Gasteiger charge is 2.09. The van der Waals surface area contributed by atoms with Crippen molar-refractivity contribution in [2.75, 3.05) is 6.61 Å². The molecule has 0 spiro atoms. The van der Waals surface area contributed by atoms with Crippen LogP contribution in [0.15, 0.2) is 36.1 Å². The molecule has 19 heavy (non-hydrogen) atoms. The molecule has 0 heterocycles. The second-order valence-corrected chi connectivity index (χ2v) is 4.04. The molecule has 0 bridgehead atoms. The smallest absolute Gasteiger partial charge is 0.370 e. The second kappa shape index (κ2) is 6.77. The summed E-state index contributed by atoms with van der Waals surface area (Å²) in [5.41, 5.74) is 6.42. The highest BCUT2D eigenvalue weighted by molar-refractivity contribution is 5.83. The van der Waals surface area contributed by atoms with Crippen molar-refractivity contribution in [2.45, 2.75) is 19.1 Å². The van der Waals surface area contributed by atoms with E-state index in [1.165, 1.54) is 0 Å². The lowest BCUT2D eigenvalue weighted by Crippen LogP contribution is -2.15. The van der Waals surface area contributed by atoms with E-state index in [2.05, 4.69) is 0 Å². The summed E-state index contributed by atoms with van der Waals surface area (Å²) in [5, 5.41) is 26.5. The van der Waals surface area contributed by atoms with Crippen LogP contribution in [0.3, 0.4) is 0 Å². The van der Waals surface area contributed by atoms with E-state index < -0.39 is 23.9 Å². The van der Waals surface area contributed by atoms with Gasteiger partial charge >= 0.3 is 5.97 Å². The Balaban J connectivity index is 2.68. The molecule has 0 fully saturated rings. The van der Waals surface area contributed by atoms with Gasteiger partial charge in [0, 0.05) is 6.08 Å². The average Bonchev–Trinajstić information content (AvgIpc) is 2.38. The quantitative estimate of drug-likeness (QED) is 0.451. The lowest BCUT2D eigenvalue weighted by molar-refractivity contribution is -0.135. The maximum Gasteiger partial charge on any atom is 0.370 e. The van der Waals surface area contributed by atoms with Gasteiger partial charge < -0.3 is 25.8 Å². The normalized spacial score (nSPS) is 14.8. The van der Waals surface area contributed by atoms with Gasteiger partial charge in [-0.15, -0.1) is 0 Å². The van der Waals surface area contributed by atoms with Crippen LogP contribution in [0, 0.1) is 0 Å². The molecule has 2 unspecified atom stereocenters. The zero-order chi connectivity index (χ0) is 14.4. The summed E-state index contributed by atoms with van der Waals surface area (Å²) < 4.78 is 5.40. The van der Waals surface area contributed by atoms with Gasteiger partial charge in [-0.05, 0) is 24.6 Å². The molecule has 0 radical (unpaired) electrons. The molecule has 1 rings (SSSR count). The number of aliphatic carboxylic acids is 1. The molecule has 0 saturated carbocycles. The molecule has 1 aromatic rings. The van der Waals surface area contributed by atoms with Crippen molar-refractivity contribution < 1.29 is 24.9 Å². The molecule has 0 amide bonds. The Hall–Kier alpha value is -2.05. The summed E-state index contributed by atoms with van der Waals surface area (Å²) in [7, 11) is 0. The zero-order valence-electron chi connectivity index (χ0n) is 10.5. The Morgan fingerprint density at radius 1 is 1.37 bits per heavy atom. The number of ether oxygens (including phenoxy) is 1. The monoisotopic (exact) mass is 267 g/mol. The van der Waals surface area contributed by atoms with Crippen molar-refractivity contribution in [3.8, 4) is 5.75 Å². The fourth-order valence-electron chi connectivity index (χ4n) is 1.44. The number of carbonyl (C=O) groups is 1. The lowest BCUT2D eigenvalue weighted by atomic mass is 10.1. The summed E-state index contributed by atoms with van der Waals surface area (Å²) in [6.07, 6.45) is 0.504. The summed E-state index contributed by atoms with van der Waals surface area (Å²) in [5.74, 6) is -1.65. The van der Waals surface area contributed by atoms with Gasteiger partial charge in [0.1, 0.15) is 11.9 Å². The Labute approximate surface area is 110 Å². The van der Waals surface area contributed by atoms with E-state index in [0.29, 0.717) is 5.75 Å². The van der Waals surface area contributed by atoms with Crippen LogP contribution in [0.25, 0.3) is 0 Å². The van der Waals surface area contributed by atoms with Gasteiger partial charge in [-0.3, -0.25) is 0 Å². The fourth-order valence-corrected chi connectivity index (χ4v) is 1.44. The number of aliphatic hydroxyl groups is 2. The number of aliphatic hydroxyl groups excluding tert-OH is 2. The molecule has 5 N–H and O–H groups in total. The van der Waals surface area contributed by atoms with E-state index in [1.54, 1.807) is 31.2 Å². The largest absolute Gasteiger partial charge is 0.502 e. The number of hydrogen-bond acceptors (Lipinski definition) is 5. The minimum atomic E-state index is -1.40. The van der Waals surface area contributed by atoms with Crippen molar-refractivity contribution >= 4 is 5.97 Å². The molecule has 0 aliphatic heterocycles. The summed E-state index contributed by atoms with van der Waals surface area (Å²) in [6.45, 7) is 1.46. The van der Waals surface area contributed by atoms with Gasteiger partial charge in [-0.2, -0.15) is 0 Å². The predicted octanol–water partition coefficient (Wildman–Crippen LogP) is 0.972. The Morgan fingerprint density at radius 3 is 2.42 bits per heavy atom. The first-order chi connectivity index (χ1) is 8.93. The molecule has 0 aliphatic carbocycles. The molecule has 104 valence electrons. The van der Waals surface area contributed by atoms with E-state index in [0.717, 1.165) is 11.6 Å². The average molecular weight is 267 g/mol. The number of hydrogen-bond donors (Lipinski definition) is 4. The molecule has 6 nitrogen and oxygen atoms in total. The third-order valence-corrected chi connectivity index (χ3v) is 2.44. The predicted molar refractivity (Wildman–Crippen MR) is 68.9 cm³/mol. The van der Waals surface area contributed by atoms with Crippen molar-refractivity contribution in [2.24, 2.45) is 5.73 Å². The van der Waals surface area contributed by atoms with Crippen molar-refractivity contribution in [3.63, 3.8) is 0 Å². The van der Waals surface area contributed by atoms with Crippen LogP contribution in [-0.4, -0.2) is 34.0 Å². The van der Waals surface area contributed by atoms with Crippen LogP contribution >= 0.6 is 0 Å². The first-order valence-corrected chi connectivity index (χ1v) is 5.71. The lowest BCUT2D eigenvalue weighted by Gasteiger charge is -2.13. The van der Waals surface area contributed by atoms with Crippen LogP contribution in [0.1, 0.15) is 18.5 Å². The Bertz CT molecular complexity index is 455. The number of rotatable bonds is 6. The molecule has 1 aromatic carbocycles. The van der Waals surface area contributed by atoms with Gasteiger partial charge in [0.25, 0.3) is 0 Å². The number of benzene rings is 1. The molecule has 2 atom stereocenters. The Kier molecular flexibility index (Phi) is 5.35. The van der Waals surface area contributed by atoms with E-state index in [1.807, 2.05) is 0 Å². The molecule has 0 aromatic heterocycles. The minimum Gasteiger partial charge on any atom is -0.502 e. The van der Waals surface area contributed by atoms with Gasteiger partial charge in [0.15, 0.2) is 0 Å². The first-order valence-electron chi connectivity index (χ1n) is 5.71. The number of carboxylic acids is 1. The molecule has 0 saturated heterocycles. The van der Waals surface area contributed by atoms with Gasteiger partial charge in [0.05, 0.1) is 12.6 Å². The van der Waals surface area contributed by atoms with Crippen molar-refractivity contribution in [3.05, 3.63) is 41.7 Å². The van der Waals surface area contributed by atoms with E-state index in [-0.39, 0.29) is 6.61 Å². The molecule has 6 heteroatoms. The first kappa shape index (κ1) is 15.0. The fraction of sp³-hybridized carbons (Fsp3) is 0.308. The van der Waals surface area contributed by atoms with Crippen LogP contribution in [0.5, 0.6) is 5.75 Å². The summed E-state index contributed by atoms with van der Waals surface area (Å²) >= 11 is 0. The van der Waals surface area contributed by atoms with Crippen molar-refractivity contribution in [1.29, 1.82) is 0 Å². The van der Waals surface area contributed by atoms with Gasteiger partial charge in [-0.25, -0.2) is 4.79 Å².